The molecule has 2 fully saturated rings. The summed E-state index contributed by atoms with van der Waals surface area (Å²) in [6.45, 7) is 2.95. The van der Waals surface area contributed by atoms with E-state index in [2.05, 4.69) is 9.97 Å². The minimum Gasteiger partial charge on any atom is -0.369 e. The van der Waals surface area contributed by atoms with Crippen LogP contribution in [0.15, 0.2) is 12.4 Å². The smallest absolute Gasteiger partial charge is 0.369 e. The van der Waals surface area contributed by atoms with Crippen molar-refractivity contribution in [1.29, 1.82) is 0 Å². The maximum absolute atomic E-state index is 12.7. The molecule has 0 saturated carbocycles. The fraction of sp³-hybridized carbons (Fsp3) is 0.667. The van der Waals surface area contributed by atoms with E-state index in [0.717, 1.165) is 0 Å². The third-order valence-electron chi connectivity index (χ3n) is 5.34. The van der Waals surface area contributed by atoms with E-state index in [-0.39, 0.29) is 43.5 Å². The van der Waals surface area contributed by atoms with Gasteiger partial charge in [0.25, 0.3) is 5.91 Å². The normalized spacial score (nSPS) is 25.3. The average molecular weight is 467 g/mol. The number of carbonyl (C=O) groups is 2. The van der Waals surface area contributed by atoms with Gasteiger partial charge in [0.2, 0.25) is 11.9 Å². The van der Waals surface area contributed by atoms with Gasteiger partial charge in [-0.05, 0) is 13.3 Å². The van der Waals surface area contributed by atoms with Crippen molar-refractivity contribution in [3.63, 3.8) is 0 Å². The highest BCUT2D eigenvalue weighted by Gasteiger charge is 2.44. The molecule has 4 atom stereocenters. The lowest BCUT2D eigenvalue weighted by molar-refractivity contribution is -0.142. The Kier molecular flexibility index (Phi) is 8.06. The zero-order chi connectivity index (χ0) is 22.1. The van der Waals surface area contributed by atoms with Crippen LogP contribution < -0.4 is 16.4 Å². The first-order valence-electron chi connectivity index (χ1n) is 9.69. The summed E-state index contributed by atoms with van der Waals surface area (Å²) in [6.07, 6.45) is -2.81. The largest absolute Gasteiger partial charge is 0.419 e. The van der Waals surface area contributed by atoms with Gasteiger partial charge in [-0.3, -0.25) is 9.59 Å². The Bertz CT molecular complexity index is 780. The first-order chi connectivity index (χ1) is 14.1. The van der Waals surface area contributed by atoms with Crippen LogP contribution in [0.1, 0.15) is 25.3 Å². The maximum Gasteiger partial charge on any atom is 0.419 e. The van der Waals surface area contributed by atoms with E-state index >= 15 is 0 Å². The highest BCUT2D eigenvalue weighted by molar-refractivity contribution is 5.85. The zero-order valence-electron chi connectivity index (χ0n) is 16.9. The Labute approximate surface area is 183 Å². The van der Waals surface area contributed by atoms with Crippen LogP contribution in [0.25, 0.3) is 0 Å². The summed E-state index contributed by atoms with van der Waals surface area (Å²) in [5.74, 6) is -1.42. The Hall–Kier alpha value is -2.18. The molecule has 2 aliphatic rings. The molecule has 1 aromatic heterocycles. The molecule has 2 aliphatic heterocycles. The zero-order valence-corrected chi connectivity index (χ0v) is 17.7. The number of piperidine rings is 1. The first-order valence-corrected chi connectivity index (χ1v) is 9.69. The van der Waals surface area contributed by atoms with Crippen molar-refractivity contribution in [2.45, 2.75) is 44.1 Å². The standard InChI is InChI=1S/C18H25F3N6O3.ClH/c1-10(22)9-30-14-3-5-27(16(14)29)13-2-4-26(8-12(13)15(23)28)17-24-6-11(7-25-17)18(19,20)21;/h6-7,10,12-14H,2-5,8-9,22H2,1H3,(H2,23,28);1H. The van der Waals surface area contributed by atoms with Gasteiger partial charge >= 0.3 is 6.18 Å². The molecule has 0 aliphatic carbocycles. The van der Waals surface area contributed by atoms with Crippen LogP contribution in [-0.4, -0.2) is 71.1 Å². The molecule has 1 aromatic rings. The van der Waals surface area contributed by atoms with Gasteiger partial charge in [0.1, 0.15) is 6.10 Å². The monoisotopic (exact) mass is 466 g/mol. The van der Waals surface area contributed by atoms with Crippen molar-refractivity contribution in [2.75, 3.05) is 31.1 Å². The van der Waals surface area contributed by atoms with E-state index in [1.165, 1.54) is 0 Å². The number of nitrogens with zero attached hydrogens (tertiary/aromatic N) is 4. The molecule has 0 aromatic carbocycles. The van der Waals surface area contributed by atoms with Gasteiger partial charge in [0.05, 0.1) is 18.1 Å². The van der Waals surface area contributed by atoms with E-state index in [4.69, 9.17) is 16.2 Å². The first kappa shape index (κ1) is 25.1. The molecule has 4 N–H and O–H groups in total. The summed E-state index contributed by atoms with van der Waals surface area (Å²) in [6, 6.07) is -0.609. The topological polar surface area (TPSA) is 128 Å². The average Bonchev–Trinajstić information content (AvgIpc) is 3.05. The highest BCUT2D eigenvalue weighted by Crippen LogP contribution is 2.31. The van der Waals surface area contributed by atoms with Crippen LogP contribution in [0.3, 0.4) is 0 Å². The number of carbonyl (C=O) groups excluding carboxylic acids is 2. The molecule has 4 unspecified atom stereocenters. The molecule has 2 amide bonds. The Morgan fingerprint density at radius 2 is 1.94 bits per heavy atom. The molecule has 31 heavy (non-hydrogen) atoms. The van der Waals surface area contributed by atoms with Crippen LogP contribution in [0.5, 0.6) is 0 Å². The van der Waals surface area contributed by atoms with Crippen molar-refractivity contribution in [1.82, 2.24) is 14.9 Å². The number of hydrogen-bond acceptors (Lipinski definition) is 7. The van der Waals surface area contributed by atoms with Crippen molar-refractivity contribution in [3.05, 3.63) is 18.0 Å². The van der Waals surface area contributed by atoms with Gasteiger partial charge in [0, 0.05) is 50.5 Å². The van der Waals surface area contributed by atoms with E-state index in [0.29, 0.717) is 38.3 Å². The number of ether oxygens (including phenoxy) is 1. The summed E-state index contributed by atoms with van der Waals surface area (Å²) >= 11 is 0. The van der Waals surface area contributed by atoms with Gasteiger partial charge in [0.15, 0.2) is 0 Å². The predicted molar refractivity (Wildman–Crippen MR) is 107 cm³/mol. The summed E-state index contributed by atoms with van der Waals surface area (Å²) in [5.41, 5.74) is 10.3. The minimum atomic E-state index is -4.53. The molecule has 3 heterocycles. The van der Waals surface area contributed by atoms with Gasteiger partial charge in [-0.1, -0.05) is 0 Å². The molecule has 0 radical (unpaired) electrons. The van der Waals surface area contributed by atoms with Crippen molar-refractivity contribution in [2.24, 2.45) is 17.4 Å². The molecule has 174 valence electrons. The lowest BCUT2D eigenvalue weighted by Gasteiger charge is -2.41. The number of primary amides is 1. The minimum absolute atomic E-state index is 0. The predicted octanol–water partition coefficient (Wildman–Crippen LogP) is 0.562. The van der Waals surface area contributed by atoms with Crippen LogP contribution in [-0.2, 0) is 20.5 Å². The number of anilines is 1. The van der Waals surface area contributed by atoms with Gasteiger partial charge < -0.3 is 26.0 Å². The second-order valence-electron chi connectivity index (χ2n) is 7.70. The second kappa shape index (κ2) is 9.96. The molecule has 0 spiro atoms. The molecular formula is C18H26ClF3N6O3. The Morgan fingerprint density at radius 1 is 1.29 bits per heavy atom. The van der Waals surface area contributed by atoms with Gasteiger partial charge in [-0.15, -0.1) is 12.4 Å². The van der Waals surface area contributed by atoms with Crippen LogP contribution in [0.2, 0.25) is 0 Å². The van der Waals surface area contributed by atoms with E-state index in [1.54, 1.807) is 16.7 Å². The molecule has 3 rings (SSSR count). The second-order valence-corrected chi connectivity index (χ2v) is 7.70. The highest BCUT2D eigenvalue weighted by atomic mass is 35.5. The van der Waals surface area contributed by atoms with Crippen LogP contribution in [0, 0.1) is 5.92 Å². The van der Waals surface area contributed by atoms with Crippen molar-refractivity contribution in [3.8, 4) is 0 Å². The lowest BCUT2D eigenvalue weighted by atomic mass is 9.90. The number of aromatic nitrogens is 2. The quantitative estimate of drug-likeness (QED) is 0.627. The molecule has 0 bridgehead atoms. The number of nitrogens with two attached hydrogens (primary N) is 2. The molecule has 2 saturated heterocycles. The van der Waals surface area contributed by atoms with E-state index in [9.17, 15) is 22.8 Å². The fourth-order valence-electron chi connectivity index (χ4n) is 3.83. The number of amides is 2. The number of halogens is 4. The Balaban J connectivity index is 0.00000341. The van der Waals surface area contributed by atoms with Crippen LogP contribution in [0.4, 0.5) is 19.1 Å². The summed E-state index contributed by atoms with van der Waals surface area (Å²) in [5, 5.41) is 0. The lowest BCUT2D eigenvalue weighted by Crippen LogP contribution is -2.56. The SMILES string of the molecule is CC(N)COC1CCN(C2CCN(c3ncc(C(F)(F)F)cn3)CC2C(N)=O)C1=O.Cl. The van der Waals surface area contributed by atoms with Crippen LogP contribution >= 0.6 is 12.4 Å². The fourth-order valence-corrected chi connectivity index (χ4v) is 3.83. The summed E-state index contributed by atoms with van der Waals surface area (Å²) < 4.78 is 43.7. The Morgan fingerprint density at radius 3 is 2.48 bits per heavy atom. The van der Waals surface area contributed by atoms with E-state index in [1.807, 2.05) is 0 Å². The molecular weight excluding hydrogens is 441 g/mol. The number of rotatable bonds is 6. The van der Waals surface area contributed by atoms with Gasteiger partial charge in [-0.25, -0.2) is 9.97 Å². The van der Waals surface area contributed by atoms with E-state index < -0.39 is 35.7 Å². The third-order valence-corrected chi connectivity index (χ3v) is 5.34. The maximum atomic E-state index is 12.7. The molecule has 13 heteroatoms. The van der Waals surface area contributed by atoms with Crippen molar-refractivity contribution >= 4 is 30.2 Å². The summed E-state index contributed by atoms with van der Waals surface area (Å²) in [4.78, 5) is 35.6. The number of hydrogen-bond donors (Lipinski definition) is 2. The van der Waals surface area contributed by atoms with Gasteiger partial charge in [-0.2, -0.15) is 13.2 Å². The third kappa shape index (κ3) is 5.74. The number of likely N-dealkylation sites (tertiary alicyclic amines) is 1. The number of alkyl halides is 3. The van der Waals surface area contributed by atoms with Crippen molar-refractivity contribution < 1.29 is 27.5 Å². The molecule has 9 nitrogen and oxygen atoms in total. The summed E-state index contributed by atoms with van der Waals surface area (Å²) in [7, 11) is 0.